The van der Waals surface area contributed by atoms with E-state index in [2.05, 4.69) is 62.0 Å². The van der Waals surface area contributed by atoms with E-state index in [1.54, 1.807) is 0 Å². The van der Waals surface area contributed by atoms with Gasteiger partial charge in [0.15, 0.2) is 0 Å². The first-order valence-electron chi connectivity index (χ1n) is 9.54. The minimum Gasteiger partial charge on any atom is -0.354 e. The van der Waals surface area contributed by atoms with Crippen LogP contribution in [0, 0.1) is 6.92 Å². The number of nitrogens with one attached hydrogen (secondary N) is 1. The van der Waals surface area contributed by atoms with Gasteiger partial charge in [-0.2, -0.15) is 0 Å². The fourth-order valence-electron chi connectivity index (χ4n) is 3.77. The van der Waals surface area contributed by atoms with Crippen LogP contribution in [-0.2, 0) is 0 Å². The second kappa shape index (κ2) is 8.36. The van der Waals surface area contributed by atoms with E-state index in [0.717, 1.165) is 60.8 Å². The molecule has 0 radical (unpaired) electrons. The molecule has 3 rings (SSSR count). The Balaban J connectivity index is 2.18. The molecule has 0 amide bonds. The number of hydrogen-bond donors (Lipinski definition) is 1. The lowest BCUT2D eigenvalue weighted by Gasteiger charge is -2.31. The number of rotatable bonds is 3. The predicted molar refractivity (Wildman–Crippen MR) is 118 cm³/mol. The molecule has 0 unspecified atom stereocenters. The van der Waals surface area contributed by atoms with Crippen LogP contribution in [0.3, 0.4) is 0 Å². The van der Waals surface area contributed by atoms with Gasteiger partial charge in [-0.25, -0.2) is 4.99 Å². The highest BCUT2D eigenvalue weighted by Crippen LogP contribution is 2.39. The maximum absolute atomic E-state index is 5.06. The van der Waals surface area contributed by atoms with Crippen molar-refractivity contribution in [3.05, 3.63) is 84.0 Å². The monoisotopic (exact) mass is 359 g/mol. The molecule has 0 spiro atoms. The van der Waals surface area contributed by atoms with Crippen LogP contribution in [0.1, 0.15) is 24.5 Å². The molecule has 0 aromatic heterocycles. The molecule has 0 atom stereocenters. The second-order valence-electron chi connectivity index (χ2n) is 7.16. The van der Waals surface area contributed by atoms with E-state index < -0.39 is 0 Å². The molecule has 2 aliphatic rings. The third-order valence-corrected chi connectivity index (χ3v) is 5.15. The minimum atomic E-state index is 0.767. The van der Waals surface area contributed by atoms with Gasteiger partial charge in [0, 0.05) is 38.2 Å². The highest BCUT2D eigenvalue weighted by atomic mass is 15.2. The fourth-order valence-corrected chi connectivity index (χ4v) is 3.77. The average molecular weight is 360 g/mol. The lowest BCUT2D eigenvalue weighted by Crippen LogP contribution is -2.46. The summed E-state index contributed by atoms with van der Waals surface area (Å²) in [5.74, 6) is 1.02. The van der Waals surface area contributed by atoms with Gasteiger partial charge < -0.3 is 10.2 Å². The van der Waals surface area contributed by atoms with Crippen molar-refractivity contribution < 1.29 is 0 Å². The number of allylic oxidation sites excluding steroid dienone is 6. The molecule has 3 nitrogen and oxygen atoms in total. The summed E-state index contributed by atoms with van der Waals surface area (Å²) < 4.78 is 0. The number of nitrogens with zero attached hydrogens (tertiary/aromatic N) is 2. The van der Waals surface area contributed by atoms with E-state index in [-0.39, 0.29) is 0 Å². The van der Waals surface area contributed by atoms with E-state index in [4.69, 9.17) is 4.99 Å². The SMILES string of the molecule is C=CC=C(C)C(C=C)=C1CC(=C)C(N2CCNCC2)=Nc2ccc(C)cc21. The lowest BCUT2D eigenvalue weighted by molar-refractivity contribution is 0.357. The molecule has 0 bridgehead atoms. The molecule has 1 fully saturated rings. The summed E-state index contributed by atoms with van der Waals surface area (Å²) in [7, 11) is 0. The Morgan fingerprint density at radius 3 is 2.63 bits per heavy atom. The standard InChI is InChI=1S/C24H29N3/c1-6-8-18(4)20(7-2)21-16-19(5)24(27-13-11-25-12-14-27)26-23-10-9-17(3)15-22(21)23/h6-10,15,25H,1-2,5,11-14,16H2,3-4H3. The van der Waals surface area contributed by atoms with Gasteiger partial charge >= 0.3 is 0 Å². The number of aryl methyl sites for hydroxylation is 1. The zero-order valence-electron chi connectivity index (χ0n) is 16.5. The quantitative estimate of drug-likeness (QED) is 0.772. The van der Waals surface area contributed by atoms with Crippen LogP contribution in [0.15, 0.2) is 77.9 Å². The van der Waals surface area contributed by atoms with E-state index >= 15 is 0 Å². The molecule has 0 aliphatic carbocycles. The van der Waals surface area contributed by atoms with Gasteiger partial charge in [0.2, 0.25) is 0 Å². The number of piperazine rings is 1. The molecular weight excluding hydrogens is 330 g/mol. The van der Waals surface area contributed by atoms with Crippen molar-refractivity contribution in [2.75, 3.05) is 26.2 Å². The fraction of sp³-hybridized carbons (Fsp3) is 0.292. The number of hydrogen-bond acceptors (Lipinski definition) is 3. The molecule has 2 heterocycles. The first-order valence-corrected chi connectivity index (χ1v) is 9.54. The smallest absolute Gasteiger partial charge is 0.132 e. The van der Waals surface area contributed by atoms with Crippen LogP contribution < -0.4 is 5.32 Å². The average Bonchev–Trinajstić information content (AvgIpc) is 2.80. The highest BCUT2D eigenvalue weighted by molar-refractivity contribution is 6.04. The first-order chi connectivity index (χ1) is 13.0. The second-order valence-corrected chi connectivity index (χ2v) is 7.16. The van der Waals surface area contributed by atoms with E-state index in [1.165, 1.54) is 16.7 Å². The topological polar surface area (TPSA) is 27.6 Å². The number of aliphatic imine (C=N–C) groups is 1. The summed E-state index contributed by atoms with van der Waals surface area (Å²) in [6.07, 6.45) is 6.57. The molecule has 1 aromatic carbocycles. The Hall–Kier alpha value is -2.65. The molecule has 2 aliphatic heterocycles. The Labute approximate surface area is 163 Å². The Morgan fingerprint density at radius 2 is 1.96 bits per heavy atom. The summed E-state index contributed by atoms with van der Waals surface area (Å²) in [5.41, 5.74) is 8.00. The summed E-state index contributed by atoms with van der Waals surface area (Å²) in [4.78, 5) is 7.42. The van der Waals surface area contributed by atoms with Gasteiger partial charge in [0.25, 0.3) is 0 Å². The minimum absolute atomic E-state index is 0.767. The van der Waals surface area contributed by atoms with E-state index in [0.29, 0.717) is 0 Å². The van der Waals surface area contributed by atoms with Crippen LogP contribution in [0.25, 0.3) is 5.57 Å². The number of fused-ring (bicyclic) bond motifs is 1. The van der Waals surface area contributed by atoms with Gasteiger partial charge in [-0.15, -0.1) is 0 Å². The molecule has 27 heavy (non-hydrogen) atoms. The van der Waals surface area contributed by atoms with Gasteiger partial charge in [0.1, 0.15) is 5.84 Å². The molecule has 1 aromatic rings. The summed E-state index contributed by atoms with van der Waals surface area (Å²) in [6.45, 7) is 20.4. The van der Waals surface area contributed by atoms with Crippen LogP contribution in [0.2, 0.25) is 0 Å². The van der Waals surface area contributed by atoms with Crippen molar-refractivity contribution in [2.24, 2.45) is 4.99 Å². The lowest BCUT2D eigenvalue weighted by atomic mass is 9.89. The molecule has 0 saturated carbocycles. The van der Waals surface area contributed by atoms with Crippen LogP contribution in [-0.4, -0.2) is 36.9 Å². The van der Waals surface area contributed by atoms with Crippen molar-refractivity contribution >= 4 is 17.1 Å². The van der Waals surface area contributed by atoms with Gasteiger partial charge in [-0.3, -0.25) is 0 Å². The van der Waals surface area contributed by atoms with Gasteiger partial charge in [-0.1, -0.05) is 49.6 Å². The third kappa shape index (κ3) is 4.04. The van der Waals surface area contributed by atoms with Crippen molar-refractivity contribution in [1.29, 1.82) is 0 Å². The maximum atomic E-state index is 5.06. The zero-order chi connectivity index (χ0) is 19.4. The van der Waals surface area contributed by atoms with E-state index in [9.17, 15) is 0 Å². The number of amidine groups is 1. The van der Waals surface area contributed by atoms with Crippen molar-refractivity contribution in [3.63, 3.8) is 0 Å². The highest BCUT2D eigenvalue weighted by Gasteiger charge is 2.24. The Kier molecular flexibility index (Phi) is 5.92. The third-order valence-electron chi connectivity index (χ3n) is 5.15. The summed E-state index contributed by atoms with van der Waals surface area (Å²) >= 11 is 0. The molecule has 3 heteroatoms. The van der Waals surface area contributed by atoms with Crippen molar-refractivity contribution in [3.8, 4) is 0 Å². The molecule has 1 saturated heterocycles. The summed E-state index contributed by atoms with van der Waals surface area (Å²) in [6, 6.07) is 6.48. The van der Waals surface area contributed by atoms with Crippen LogP contribution in [0.4, 0.5) is 5.69 Å². The zero-order valence-corrected chi connectivity index (χ0v) is 16.5. The van der Waals surface area contributed by atoms with Crippen LogP contribution >= 0.6 is 0 Å². The normalized spacial score (nSPS) is 19.8. The predicted octanol–water partition coefficient (Wildman–Crippen LogP) is 4.96. The summed E-state index contributed by atoms with van der Waals surface area (Å²) in [5, 5.41) is 3.41. The van der Waals surface area contributed by atoms with Crippen LogP contribution in [0.5, 0.6) is 0 Å². The Morgan fingerprint density at radius 1 is 1.22 bits per heavy atom. The molecule has 1 N–H and O–H groups in total. The Bertz CT molecular complexity index is 862. The van der Waals surface area contributed by atoms with E-state index in [1.807, 2.05) is 18.2 Å². The number of benzene rings is 1. The first kappa shape index (κ1) is 19.1. The largest absolute Gasteiger partial charge is 0.354 e. The van der Waals surface area contributed by atoms with Crippen molar-refractivity contribution in [1.82, 2.24) is 10.2 Å². The molecular formula is C24H29N3. The van der Waals surface area contributed by atoms with Gasteiger partial charge in [0.05, 0.1) is 5.69 Å². The maximum Gasteiger partial charge on any atom is 0.132 e. The van der Waals surface area contributed by atoms with Crippen molar-refractivity contribution in [2.45, 2.75) is 20.3 Å². The van der Waals surface area contributed by atoms with Gasteiger partial charge in [-0.05, 0) is 48.3 Å². The molecule has 140 valence electrons.